The van der Waals surface area contributed by atoms with Crippen molar-refractivity contribution in [2.24, 2.45) is 0 Å². The van der Waals surface area contributed by atoms with E-state index < -0.39 is 17.1 Å². The lowest BCUT2D eigenvalue weighted by Crippen LogP contribution is -1.96. The number of benzene rings is 2. The first-order valence-electron chi connectivity index (χ1n) is 6.88. The van der Waals surface area contributed by atoms with Gasteiger partial charge in [0.05, 0.1) is 16.6 Å². The van der Waals surface area contributed by atoms with Crippen LogP contribution >= 0.6 is 0 Å². The number of H-pyrrole nitrogens is 1. The third kappa shape index (κ3) is 3.28. The molecule has 2 aromatic carbocycles. The van der Waals surface area contributed by atoms with Crippen LogP contribution in [0, 0.1) is 0 Å². The van der Waals surface area contributed by atoms with E-state index in [1.54, 1.807) is 30.5 Å². The number of hydrogen-bond donors (Lipinski definition) is 2. The van der Waals surface area contributed by atoms with Gasteiger partial charge in [0.15, 0.2) is 4.90 Å². The molecule has 5 nitrogen and oxygen atoms in total. The maximum absolute atomic E-state index is 11.4. The van der Waals surface area contributed by atoms with Gasteiger partial charge in [0.25, 0.3) is 0 Å². The van der Waals surface area contributed by atoms with Crippen molar-refractivity contribution in [2.75, 3.05) is 6.26 Å². The molecule has 0 amide bonds. The summed E-state index contributed by atoms with van der Waals surface area (Å²) in [6, 6.07) is 12.4. The molecule has 1 aromatic heterocycles. The molecule has 0 aliphatic heterocycles. The summed E-state index contributed by atoms with van der Waals surface area (Å²) in [4.78, 5) is 19.4. The smallest absolute Gasteiger partial charge is 0.337 e. The molecule has 116 valence electrons. The quantitative estimate of drug-likeness (QED) is 0.721. The number of nitrogens with zero attached hydrogens (tertiary/aromatic N) is 1. The van der Waals surface area contributed by atoms with Crippen LogP contribution in [-0.4, -0.2) is 31.9 Å². The highest BCUT2D eigenvalue weighted by Gasteiger charge is 2.10. The third-order valence-electron chi connectivity index (χ3n) is 3.41. The Hall–Kier alpha value is -2.57. The van der Waals surface area contributed by atoms with Crippen molar-refractivity contribution in [3.63, 3.8) is 0 Å². The van der Waals surface area contributed by atoms with Gasteiger partial charge in [-0.05, 0) is 59.2 Å². The zero-order valence-corrected chi connectivity index (χ0v) is 13.1. The van der Waals surface area contributed by atoms with Crippen molar-refractivity contribution in [3.05, 3.63) is 59.4 Å². The summed E-state index contributed by atoms with van der Waals surface area (Å²) in [6.45, 7) is 0. The third-order valence-corrected chi connectivity index (χ3v) is 4.35. The van der Waals surface area contributed by atoms with E-state index in [9.17, 15) is 14.5 Å². The highest BCUT2D eigenvalue weighted by molar-refractivity contribution is 7.90. The van der Waals surface area contributed by atoms with E-state index in [1.807, 2.05) is 30.3 Å². The number of fused-ring (bicyclic) bond motifs is 1. The molecule has 3 aromatic rings. The topological polar surface area (TPSA) is 89.0 Å². The molecule has 0 spiro atoms. The molecule has 0 aliphatic carbocycles. The van der Waals surface area contributed by atoms with Crippen molar-refractivity contribution in [3.8, 4) is 0 Å². The number of aromatic carboxylic acids is 1. The minimum absolute atomic E-state index is 0.199. The molecular weight excluding hydrogens is 312 g/mol. The van der Waals surface area contributed by atoms with Crippen LogP contribution in [0.1, 0.15) is 21.7 Å². The van der Waals surface area contributed by atoms with Gasteiger partial charge in [-0.25, -0.2) is 9.78 Å². The summed E-state index contributed by atoms with van der Waals surface area (Å²) < 4.78 is 11.4. The van der Waals surface area contributed by atoms with Gasteiger partial charge >= 0.3 is 5.97 Å². The fraction of sp³-hybridized carbons (Fsp3) is 0.0588. The predicted molar refractivity (Wildman–Crippen MR) is 90.8 cm³/mol. The zero-order chi connectivity index (χ0) is 16.4. The molecule has 1 unspecified atom stereocenters. The van der Waals surface area contributed by atoms with Gasteiger partial charge in [0, 0.05) is 0 Å². The highest BCUT2D eigenvalue weighted by Crippen LogP contribution is 2.18. The van der Waals surface area contributed by atoms with E-state index in [1.165, 1.54) is 0 Å². The number of aromatic amines is 1. The van der Waals surface area contributed by atoms with Gasteiger partial charge in [0.1, 0.15) is 12.1 Å². The molecule has 0 saturated heterocycles. The Balaban J connectivity index is 1.89. The van der Waals surface area contributed by atoms with Crippen molar-refractivity contribution >= 4 is 40.3 Å². The normalized spacial score (nSPS) is 12.8. The largest absolute Gasteiger partial charge is 0.612 e. The predicted octanol–water partition coefficient (Wildman–Crippen LogP) is 3.17. The number of imidazole rings is 1. The molecule has 1 heterocycles. The molecule has 3 rings (SSSR count). The molecule has 0 aliphatic rings. The summed E-state index contributed by atoms with van der Waals surface area (Å²) in [5.41, 5.74) is 2.26. The number of carboxylic acid groups (broad SMARTS) is 1. The van der Waals surface area contributed by atoms with Crippen molar-refractivity contribution in [2.45, 2.75) is 4.90 Å². The van der Waals surface area contributed by atoms with E-state index in [2.05, 4.69) is 9.97 Å². The molecular formula is C17H14N2O3S. The number of para-hydroxylation sites is 1. The minimum atomic E-state index is -0.993. The molecule has 0 radical (unpaired) electrons. The molecule has 0 fully saturated rings. The highest BCUT2D eigenvalue weighted by atomic mass is 32.2. The second kappa shape index (κ2) is 6.28. The van der Waals surface area contributed by atoms with E-state index in [0.29, 0.717) is 16.9 Å². The number of nitrogens with one attached hydrogen (secondary N) is 1. The van der Waals surface area contributed by atoms with Gasteiger partial charge in [0.2, 0.25) is 0 Å². The van der Waals surface area contributed by atoms with Crippen LogP contribution in [0.5, 0.6) is 0 Å². The monoisotopic (exact) mass is 326 g/mol. The Kier molecular flexibility index (Phi) is 4.18. The summed E-state index contributed by atoms with van der Waals surface area (Å²) in [5, 5.41) is 9.18. The Labute approximate surface area is 135 Å². The molecule has 0 saturated carbocycles. The zero-order valence-electron chi connectivity index (χ0n) is 12.3. The van der Waals surface area contributed by atoms with Crippen LogP contribution in [0.4, 0.5) is 0 Å². The number of rotatable bonds is 4. The summed E-state index contributed by atoms with van der Waals surface area (Å²) >= 11 is -0.993. The van der Waals surface area contributed by atoms with Gasteiger partial charge in [-0.1, -0.05) is 12.1 Å². The standard InChI is InChI=1S/C17H14N2O3S/c1-23(22)12-8-5-11(6-9-12)7-10-15-18-14-4-2-3-13(17(20)21)16(14)19-15/h2-10H,1H3,(H,18,19)(H,20,21). The number of carbonyl (C=O) groups is 1. The van der Waals surface area contributed by atoms with Crippen molar-refractivity contribution < 1.29 is 14.5 Å². The van der Waals surface area contributed by atoms with Gasteiger partial charge in [-0.15, -0.1) is 0 Å². The maximum Gasteiger partial charge on any atom is 0.337 e. The number of carboxylic acids is 1. The Morgan fingerprint density at radius 3 is 2.61 bits per heavy atom. The van der Waals surface area contributed by atoms with Crippen molar-refractivity contribution in [1.29, 1.82) is 0 Å². The second-order valence-electron chi connectivity index (χ2n) is 4.98. The van der Waals surface area contributed by atoms with Crippen molar-refractivity contribution in [1.82, 2.24) is 9.97 Å². The summed E-state index contributed by atoms with van der Waals surface area (Å²) in [6.07, 6.45) is 5.28. The van der Waals surface area contributed by atoms with Gasteiger partial charge in [-0.3, -0.25) is 0 Å². The summed E-state index contributed by atoms with van der Waals surface area (Å²) in [5.74, 6) is -0.408. The first kappa shape index (κ1) is 15.3. The number of aromatic nitrogens is 2. The van der Waals surface area contributed by atoms with Crippen LogP contribution in [0.25, 0.3) is 23.2 Å². The second-order valence-corrected chi connectivity index (χ2v) is 6.36. The first-order valence-corrected chi connectivity index (χ1v) is 8.44. The molecule has 23 heavy (non-hydrogen) atoms. The van der Waals surface area contributed by atoms with Crippen LogP contribution in [0.2, 0.25) is 0 Å². The van der Waals surface area contributed by atoms with Crippen LogP contribution in [0.15, 0.2) is 47.4 Å². The Morgan fingerprint density at radius 2 is 1.96 bits per heavy atom. The number of hydrogen-bond acceptors (Lipinski definition) is 3. The fourth-order valence-corrected chi connectivity index (χ4v) is 2.77. The lowest BCUT2D eigenvalue weighted by Gasteiger charge is -2.03. The lowest BCUT2D eigenvalue weighted by atomic mass is 10.2. The molecule has 2 N–H and O–H groups in total. The first-order chi connectivity index (χ1) is 11.0. The van der Waals surface area contributed by atoms with E-state index in [0.717, 1.165) is 10.5 Å². The van der Waals surface area contributed by atoms with Gasteiger partial charge in [-0.2, -0.15) is 0 Å². The molecule has 0 bridgehead atoms. The molecule has 1 atom stereocenters. The van der Waals surface area contributed by atoms with E-state index in [4.69, 9.17) is 0 Å². The SMILES string of the molecule is C[S+]([O-])c1ccc(C=Cc2nc3cccc(C(=O)O)c3[nH]2)cc1. The van der Waals surface area contributed by atoms with Crippen LogP contribution in [-0.2, 0) is 11.2 Å². The van der Waals surface area contributed by atoms with Crippen LogP contribution < -0.4 is 0 Å². The van der Waals surface area contributed by atoms with E-state index in [-0.39, 0.29) is 5.56 Å². The lowest BCUT2D eigenvalue weighted by molar-refractivity contribution is 0.0699. The van der Waals surface area contributed by atoms with E-state index >= 15 is 0 Å². The van der Waals surface area contributed by atoms with Crippen LogP contribution in [0.3, 0.4) is 0 Å². The minimum Gasteiger partial charge on any atom is -0.612 e. The maximum atomic E-state index is 11.4. The molecule has 6 heteroatoms. The Morgan fingerprint density at radius 1 is 1.22 bits per heavy atom. The van der Waals surface area contributed by atoms with Gasteiger partial charge < -0.3 is 14.6 Å². The summed E-state index contributed by atoms with van der Waals surface area (Å²) in [7, 11) is 0. The average molecular weight is 326 g/mol. The fourth-order valence-electron chi connectivity index (χ4n) is 2.25. The Bertz CT molecular complexity index is 882. The average Bonchev–Trinajstić information content (AvgIpc) is 2.95.